The summed E-state index contributed by atoms with van der Waals surface area (Å²) in [7, 11) is 0. The van der Waals surface area contributed by atoms with Crippen LogP contribution in [0.1, 0.15) is 12.8 Å². The Morgan fingerprint density at radius 2 is 2.08 bits per heavy atom. The second-order valence-corrected chi connectivity index (χ2v) is 3.14. The van der Waals surface area contributed by atoms with E-state index in [0.717, 1.165) is 25.9 Å². The molecule has 0 aromatic heterocycles. The maximum atomic E-state index is 11.1. The van der Waals surface area contributed by atoms with Crippen molar-refractivity contribution < 1.29 is 9.90 Å². The number of hydrogen-bond donors (Lipinski definition) is 0. The minimum absolute atomic E-state index is 0.00385. The van der Waals surface area contributed by atoms with Gasteiger partial charge in [-0.05, 0) is 24.8 Å². The van der Waals surface area contributed by atoms with Gasteiger partial charge in [0.2, 0.25) is 5.91 Å². The average molecular weight is 168 g/mol. The van der Waals surface area contributed by atoms with Gasteiger partial charge in [0.1, 0.15) is 0 Å². The first-order valence-electron chi connectivity index (χ1n) is 4.27. The first-order chi connectivity index (χ1) is 5.77. The Balaban J connectivity index is 2.35. The SMILES string of the molecule is C=CC(=O)N1CCC(C[O])CC1. The molecule has 0 aliphatic carbocycles. The molecular weight excluding hydrogens is 154 g/mol. The van der Waals surface area contributed by atoms with Gasteiger partial charge in [-0.2, -0.15) is 0 Å². The van der Waals surface area contributed by atoms with Crippen molar-refractivity contribution in [3.8, 4) is 0 Å². The first kappa shape index (κ1) is 9.26. The van der Waals surface area contributed by atoms with Gasteiger partial charge in [-0.15, -0.1) is 0 Å². The number of amides is 1. The highest BCUT2D eigenvalue weighted by atomic mass is 16.3. The van der Waals surface area contributed by atoms with Gasteiger partial charge in [0, 0.05) is 13.1 Å². The molecule has 0 N–H and O–H groups in total. The highest BCUT2D eigenvalue weighted by Gasteiger charge is 2.20. The Hall–Kier alpha value is -0.830. The lowest BCUT2D eigenvalue weighted by Crippen LogP contribution is -2.38. The summed E-state index contributed by atoms with van der Waals surface area (Å²) in [6.07, 6.45) is 3.03. The molecule has 12 heavy (non-hydrogen) atoms. The Bertz CT molecular complexity index is 171. The van der Waals surface area contributed by atoms with Crippen LogP contribution in [-0.4, -0.2) is 30.5 Å². The van der Waals surface area contributed by atoms with Gasteiger partial charge < -0.3 is 4.90 Å². The molecule has 0 aromatic carbocycles. The molecule has 1 amide bonds. The van der Waals surface area contributed by atoms with Crippen molar-refractivity contribution in [3.63, 3.8) is 0 Å². The van der Waals surface area contributed by atoms with E-state index in [1.165, 1.54) is 6.08 Å². The third kappa shape index (κ3) is 2.08. The van der Waals surface area contributed by atoms with Crippen molar-refractivity contribution >= 4 is 5.91 Å². The molecule has 1 rings (SSSR count). The average Bonchev–Trinajstić information content (AvgIpc) is 2.17. The number of hydrogen-bond acceptors (Lipinski definition) is 1. The van der Waals surface area contributed by atoms with Gasteiger partial charge in [-0.3, -0.25) is 4.79 Å². The van der Waals surface area contributed by atoms with Crippen LogP contribution in [-0.2, 0) is 9.90 Å². The third-order valence-electron chi connectivity index (χ3n) is 2.34. The zero-order valence-electron chi connectivity index (χ0n) is 7.16. The Morgan fingerprint density at radius 1 is 1.50 bits per heavy atom. The number of carbonyl (C=O) groups is 1. The molecular formula is C9H14NO2. The zero-order chi connectivity index (χ0) is 8.97. The fourth-order valence-corrected chi connectivity index (χ4v) is 1.45. The van der Waals surface area contributed by atoms with E-state index in [1.807, 2.05) is 0 Å². The maximum absolute atomic E-state index is 11.1. The minimum atomic E-state index is -0.0145. The summed E-state index contributed by atoms with van der Waals surface area (Å²) >= 11 is 0. The third-order valence-corrected chi connectivity index (χ3v) is 2.34. The Labute approximate surface area is 72.7 Å². The molecule has 1 heterocycles. The van der Waals surface area contributed by atoms with Crippen LogP contribution >= 0.6 is 0 Å². The number of carbonyl (C=O) groups excluding carboxylic acids is 1. The van der Waals surface area contributed by atoms with Gasteiger partial charge in [0.05, 0.1) is 6.61 Å². The van der Waals surface area contributed by atoms with Crippen LogP contribution in [0.15, 0.2) is 12.7 Å². The van der Waals surface area contributed by atoms with Gasteiger partial charge in [0.15, 0.2) is 0 Å². The van der Waals surface area contributed by atoms with Crippen molar-refractivity contribution in [1.82, 2.24) is 4.90 Å². The second kappa shape index (κ2) is 4.26. The molecule has 67 valence electrons. The number of rotatable bonds is 2. The predicted octanol–water partition coefficient (Wildman–Crippen LogP) is 0.841. The van der Waals surface area contributed by atoms with E-state index in [1.54, 1.807) is 4.90 Å². The van der Waals surface area contributed by atoms with Crippen molar-refractivity contribution in [2.45, 2.75) is 12.8 Å². The Kier molecular flexibility index (Phi) is 3.29. The summed E-state index contributed by atoms with van der Waals surface area (Å²) < 4.78 is 0. The molecule has 0 aromatic rings. The molecule has 0 saturated carbocycles. The minimum Gasteiger partial charge on any atom is -0.339 e. The van der Waals surface area contributed by atoms with Crippen molar-refractivity contribution in [3.05, 3.63) is 12.7 Å². The van der Waals surface area contributed by atoms with E-state index >= 15 is 0 Å². The zero-order valence-corrected chi connectivity index (χ0v) is 7.16. The van der Waals surface area contributed by atoms with E-state index in [0.29, 0.717) is 0 Å². The smallest absolute Gasteiger partial charge is 0.245 e. The van der Waals surface area contributed by atoms with Crippen molar-refractivity contribution in [2.24, 2.45) is 5.92 Å². The van der Waals surface area contributed by atoms with Gasteiger partial charge in [-0.25, -0.2) is 5.11 Å². The van der Waals surface area contributed by atoms with E-state index in [4.69, 9.17) is 0 Å². The molecule has 0 bridgehead atoms. The fourth-order valence-electron chi connectivity index (χ4n) is 1.45. The van der Waals surface area contributed by atoms with E-state index in [9.17, 15) is 9.90 Å². The first-order valence-corrected chi connectivity index (χ1v) is 4.27. The maximum Gasteiger partial charge on any atom is 0.245 e. The molecule has 0 spiro atoms. The summed E-state index contributed by atoms with van der Waals surface area (Å²) in [4.78, 5) is 12.8. The van der Waals surface area contributed by atoms with Crippen molar-refractivity contribution in [2.75, 3.05) is 19.7 Å². The number of nitrogens with zero attached hydrogens (tertiary/aromatic N) is 1. The second-order valence-electron chi connectivity index (χ2n) is 3.14. The summed E-state index contributed by atoms with van der Waals surface area (Å²) in [6.45, 7) is 4.86. The molecule has 1 saturated heterocycles. The molecule has 1 fully saturated rings. The molecule has 0 unspecified atom stereocenters. The predicted molar refractivity (Wildman–Crippen MR) is 45.1 cm³/mol. The molecule has 1 aliphatic rings. The largest absolute Gasteiger partial charge is 0.339 e. The quantitative estimate of drug-likeness (QED) is 0.563. The highest BCUT2D eigenvalue weighted by molar-refractivity contribution is 5.87. The van der Waals surface area contributed by atoms with Crippen LogP contribution < -0.4 is 0 Å². The lowest BCUT2D eigenvalue weighted by Gasteiger charge is -2.29. The van der Waals surface area contributed by atoms with Crippen LogP contribution in [0.3, 0.4) is 0 Å². The molecule has 3 nitrogen and oxygen atoms in total. The van der Waals surface area contributed by atoms with Crippen molar-refractivity contribution in [1.29, 1.82) is 0 Å². The normalized spacial score (nSPS) is 19.2. The lowest BCUT2D eigenvalue weighted by atomic mass is 9.98. The summed E-state index contributed by atoms with van der Waals surface area (Å²) in [5.74, 6) is 0.262. The van der Waals surface area contributed by atoms with E-state index in [-0.39, 0.29) is 18.4 Å². The van der Waals surface area contributed by atoms with Gasteiger partial charge in [-0.1, -0.05) is 6.58 Å². The van der Waals surface area contributed by atoms with Gasteiger partial charge >= 0.3 is 0 Å². The van der Waals surface area contributed by atoms with E-state index < -0.39 is 0 Å². The summed E-state index contributed by atoms with van der Waals surface area (Å²) in [5.41, 5.74) is 0. The fraction of sp³-hybridized carbons (Fsp3) is 0.667. The van der Waals surface area contributed by atoms with Crippen LogP contribution in [0, 0.1) is 5.92 Å². The van der Waals surface area contributed by atoms with Crippen LogP contribution in [0.2, 0.25) is 0 Å². The van der Waals surface area contributed by atoms with Crippen LogP contribution in [0.4, 0.5) is 0 Å². The topological polar surface area (TPSA) is 40.2 Å². The standard InChI is InChI=1S/C9H14NO2/c1-2-9(12)10-5-3-8(7-11)4-6-10/h2,8H,1,3-7H2. The summed E-state index contributed by atoms with van der Waals surface area (Å²) in [6, 6.07) is 0. The number of likely N-dealkylation sites (tertiary alicyclic amines) is 1. The molecule has 1 radical (unpaired) electrons. The highest BCUT2D eigenvalue weighted by Crippen LogP contribution is 2.16. The van der Waals surface area contributed by atoms with Crippen LogP contribution in [0.25, 0.3) is 0 Å². The molecule has 1 aliphatic heterocycles. The monoisotopic (exact) mass is 168 g/mol. The molecule has 0 atom stereocenters. The lowest BCUT2D eigenvalue weighted by molar-refractivity contribution is -0.127. The Morgan fingerprint density at radius 3 is 2.50 bits per heavy atom. The van der Waals surface area contributed by atoms with Crippen LogP contribution in [0.5, 0.6) is 0 Å². The molecule has 3 heteroatoms. The summed E-state index contributed by atoms with van der Waals surface area (Å²) in [5, 5.41) is 10.5. The van der Waals surface area contributed by atoms with E-state index in [2.05, 4.69) is 6.58 Å². The number of piperidine rings is 1. The van der Waals surface area contributed by atoms with Gasteiger partial charge in [0.25, 0.3) is 0 Å².